The molecule has 0 radical (unpaired) electrons. The van der Waals surface area contributed by atoms with E-state index < -0.39 is 0 Å². The van der Waals surface area contributed by atoms with Crippen LogP contribution in [0.1, 0.15) is 11.3 Å². The van der Waals surface area contributed by atoms with Crippen LogP contribution in [0.25, 0.3) is 0 Å². The maximum absolute atomic E-state index is 7.03. The highest BCUT2D eigenvalue weighted by Crippen LogP contribution is 2.13. The van der Waals surface area contributed by atoms with Crippen molar-refractivity contribution in [3.8, 4) is 0 Å². The van der Waals surface area contributed by atoms with Gasteiger partial charge >= 0.3 is 0 Å². The summed E-state index contributed by atoms with van der Waals surface area (Å²) >= 11 is 5.56. The number of nitrogens with one attached hydrogen (secondary N) is 1. The van der Waals surface area contributed by atoms with Gasteiger partial charge in [-0.25, -0.2) is 0 Å². The summed E-state index contributed by atoms with van der Waals surface area (Å²) in [5.41, 5.74) is 7.37. The summed E-state index contributed by atoms with van der Waals surface area (Å²) in [4.78, 5) is 3.97. The van der Waals surface area contributed by atoms with Crippen molar-refractivity contribution in [3.63, 3.8) is 0 Å². The first-order chi connectivity index (χ1) is 5.29. The molecule has 0 fully saturated rings. The van der Waals surface area contributed by atoms with Gasteiger partial charge in [0.2, 0.25) is 0 Å². The molecule has 1 heterocycles. The fraction of sp³-hybridized carbons (Fsp3) is 0.143. The molecule has 0 aliphatic heterocycles. The van der Waals surface area contributed by atoms with Gasteiger partial charge in [-0.1, -0.05) is 0 Å². The topological polar surface area (TPSA) is 62.8 Å². The van der Waals surface area contributed by atoms with Crippen molar-refractivity contribution >= 4 is 23.5 Å². The Balaban J connectivity index is 3.24. The minimum absolute atomic E-state index is 0.287. The Bertz CT molecular complexity index is 272. The van der Waals surface area contributed by atoms with Gasteiger partial charge in [0, 0.05) is 23.7 Å². The number of anilines is 1. The average molecular weight is 170 g/mol. The zero-order chi connectivity index (χ0) is 8.27. The highest BCUT2D eigenvalue weighted by Gasteiger charge is 2.02. The maximum atomic E-state index is 7.03. The number of pyridine rings is 1. The van der Waals surface area contributed by atoms with Crippen molar-refractivity contribution in [2.75, 3.05) is 5.73 Å². The molecule has 0 saturated heterocycles. The molecular formula is C7H8ClN3. The lowest BCUT2D eigenvalue weighted by molar-refractivity contribution is 1.16. The fourth-order valence-electron chi connectivity index (χ4n) is 0.807. The molecule has 0 aliphatic carbocycles. The Labute approximate surface area is 69.7 Å². The molecule has 1 aromatic rings. The van der Waals surface area contributed by atoms with Gasteiger partial charge in [-0.05, 0) is 6.07 Å². The summed E-state index contributed by atoms with van der Waals surface area (Å²) in [6.45, 7) is 0. The number of rotatable bonds is 2. The number of aromatic nitrogens is 1. The molecule has 0 saturated carbocycles. The second-order valence-electron chi connectivity index (χ2n) is 2.04. The summed E-state index contributed by atoms with van der Waals surface area (Å²) in [6.07, 6.45) is 2.75. The molecule has 1 rings (SSSR count). The lowest BCUT2D eigenvalue weighted by atomic mass is 10.2. The average Bonchev–Trinajstić information content (AvgIpc) is 2.04. The van der Waals surface area contributed by atoms with Crippen LogP contribution in [-0.2, 0) is 5.88 Å². The van der Waals surface area contributed by atoms with Crippen LogP contribution in [0.3, 0.4) is 0 Å². The Morgan fingerprint density at radius 3 is 2.91 bits per heavy atom. The van der Waals surface area contributed by atoms with Crippen LogP contribution in [0.4, 0.5) is 5.69 Å². The van der Waals surface area contributed by atoms with E-state index in [4.69, 9.17) is 22.7 Å². The van der Waals surface area contributed by atoms with Gasteiger partial charge in [0.1, 0.15) is 0 Å². The molecule has 0 bridgehead atoms. The Morgan fingerprint density at radius 2 is 2.45 bits per heavy atom. The zero-order valence-corrected chi connectivity index (χ0v) is 6.60. The van der Waals surface area contributed by atoms with E-state index in [2.05, 4.69) is 4.98 Å². The smallest absolute Gasteiger partial charge is 0.0659 e. The molecule has 11 heavy (non-hydrogen) atoms. The third-order valence-electron chi connectivity index (χ3n) is 1.38. The first-order valence-corrected chi connectivity index (χ1v) is 3.63. The van der Waals surface area contributed by atoms with Crippen molar-refractivity contribution in [2.45, 2.75) is 5.88 Å². The van der Waals surface area contributed by atoms with Crippen LogP contribution >= 0.6 is 11.6 Å². The van der Waals surface area contributed by atoms with Crippen molar-refractivity contribution in [1.29, 1.82) is 5.41 Å². The van der Waals surface area contributed by atoms with Crippen molar-refractivity contribution in [2.24, 2.45) is 0 Å². The molecule has 0 aliphatic rings. The molecule has 0 atom stereocenters. The van der Waals surface area contributed by atoms with Gasteiger partial charge in [-0.15, -0.1) is 11.6 Å². The third-order valence-corrected chi connectivity index (χ3v) is 1.63. The highest BCUT2D eigenvalue weighted by molar-refractivity contribution is 6.17. The third kappa shape index (κ3) is 1.49. The number of halogens is 1. The number of nitrogen functional groups attached to an aromatic ring is 1. The summed E-state index contributed by atoms with van der Waals surface area (Å²) in [6, 6.07) is 1.65. The quantitative estimate of drug-likeness (QED) is 0.519. The monoisotopic (exact) mass is 169 g/mol. The number of hydrogen-bond acceptors (Lipinski definition) is 3. The first-order valence-electron chi connectivity index (χ1n) is 3.09. The zero-order valence-electron chi connectivity index (χ0n) is 5.84. The summed E-state index contributed by atoms with van der Waals surface area (Å²) in [5.74, 6) is 0.287. The number of hydrogen-bond donors (Lipinski definition) is 2. The van der Waals surface area contributed by atoms with Gasteiger partial charge in [-0.3, -0.25) is 4.98 Å². The standard InChI is InChI=1S/C7H8ClN3/c8-3-7-5(4-9)6(10)1-2-11-7/h1-2,4,9H,3H2,(H2,10,11). The molecule has 3 N–H and O–H groups in total. The minimum atomic E-state index is 0.287. The van der Waals surface area contributed by atoms with Crippen molar-refractivity contribution in [3.05, 3.63) is 23.5 Å². The van der Waals surface area contributed by atoms with Gasteiger partial charge in [-0.2, -0.15) is 0 Å². The molecule has 3 nitrogen and oxygen atoms in total. The lowest BCUT2D eigenvalue weighted by Gasteiger charge is -2.02. The second-order valence-corrected chi connectivity index (χ2v) is 2.31. The number of nitrogens with zero attached hydrogens (tertiary/aromatic N) is 1. The van der Waals surface area contributed by atoms with Crippen LogP contribution < -0.4 is 5.73 Å². The largest absolute Gasteiger partial charge is 0.398 e. The SMILES string of the molecule is N=Cc1c(N)ccnc1CCl. The van der Waals surface area contributed by atoms with E-state index in [1.165, 1.54) is 6.21 Å². The van der Waals surface area contributed by atoms with Crippen molar-refractivity contribution < 1.29 is 0 Å². The predicted octanol–water partition coefficient (Wildman–Crippen LogP) is 1.40. The summed E-state index contributed by atoms with van der Waals surface area (Å²) in [5, 5.41) is 7.03. The molecule has 1 aromatic heterocycles. The van der Waals surface area contributed by atoms with E-state index in [0.717, 1.165) is 0 Å². The van der Waals surface area contributed by atoms with Crippen molar-refractivity contribution in [1.82, 2.24) is 4.98 Å². The van der Waals surface area contributed by atoms with Crippen LogP contribution in [0.2, 0.25) is 0 Å². The van der Waals surface area contributed by atoms with Crippen LogP contribution in [0.15, 0.2) is 12.3 Å². The van der Waals surface area contributed by atoms with E-state index in [1.807, 2.05) is 0 Å². The van der Waals surface area contributed by atoms with E-state index >= 15 is 0 Å². The van der Waals surface area contributed by atoms with Crippen LogP contribution in [0.5, 0.6) is 0 Å². The summed E-state index contributed by atoms with van der Waals surface area (Å²) < 4.78 is 0. The van der Waals surface area contributed by atoms with E-state index in [1.54, 1.807) is 12.3 Å². The predicted molar refractivity (Wildman–Crippen MR) is 46.1 cm³/mol. The summed E-state index contributed by atoms with van der Waals surface area (Å²) in [7, 11) is 0. The second kappa shape index (κ2) is 3.34. The van der Waals surface area contributed by atoms with E-state index in [-0.39, 0.29) is 5.88 Å². The lowest BCUT2D eigenvalue weighted by Crippen LogP contribution is -1.99. The molecule has 58 valence electrons. The van der Waals surface area contributed by atoms with E-state index in [9.17, 15) is 0 Å². The normalized spacial score (nSPS) is 9.55. The molecule has 4 heteroatoms. The molecule has 0 amide bonds. The minimum Gasteiger partial charge on any atom is -0.398 e. The fourth-order valence-corrected chi connectivity index (χ4v) is 1.02. The highest BCUT2D eigenvalue weighted by atomic mass is 35.5. The first kappa shape index (κ1) is 8.01. The van der Waals surface area contributed by atoms with E-state index in [0.29, 0.717) is 16.9 Å². The van der Waals surface area contributed by atoms with Gasteiger partial charge in [0.05, 0.1) is 11.6 Å². The number of alkyl halides is 1. The van der Waals surface area contributed by atoms with Gasteiger partial charge < -0.3 is 11.1 Å². The Morgan fingerprint density at radius 1 is 1.73 bits per heavy atom. The molecule has 0 unspecified atom stereocenters. The Kier molecular flexibility index (Phi) is 2.44. The molecule has 0 aromatic carbocycles. The van der Waals surface area contributed by atoms with Gasteiger partial charge in [0.25, 0.3) is 0 Å². The molecular weight excluding hydrogens is 162 g/mol. The van der Waals surface area contributed by atoms with Crippen LogP contribution in [-0.4, -0.2) is 11.2 Å². The maximum Gasteiger partial charge on any atom is 0.0659 e. The van der Waals surface area contributed by atoms with Gasteiger partial charge in [0.15, 0.2) is 0 Å². The van der Waals surface area contributed by atoms with Crippen LogP contribution in [0, 0.1) is 5.41 Å². The number of nitrogens with two attached hydrogens (primary N) is 1. The molecule has 0 spiro atoms. The Hall–Kier alpha value is -1.09.